The van der Waals surface area contributed by atoms with Crippen LogP contribution in [0.4, 0.5) is 0 Å². The number of carbonyl (C=O) groups excluding carboxylic acids is 2. The van der Waals surface area contributed by atoms with E-state index >= 15 is 0 Å². The highest BCUT2D eigenvalue weighted by Gasteiger charge is 2.20. The van der Waals surface area contributed by atoms with Crippen molar-refractivity contribution < 1.29 is 19.1 Å². The minimum Gasteiger partial charge on any atom is -0.438 e. The van der Waals surface area contributed by atoms with E-state index in [0.717, 1.165) is 17.6 Å². The number of nitrogens with zero attached hydrogens (tertiary/aromatic N) is 3. The normalized spacial score (nSPS) is 13.4. The molecule has 2 heterocycles. The Balaban J connectivity index is 0.000000338. The number of benzene rings is 2. The van der Waals surface area contributed by atoms with E-state index in [1.807, 2.05) is 49.5 Å². The highest BCUT2D eigenvalue weighted by atomic mass is 79.9. The van der Waals surface area contributed by atoms with Gasteiger partial charge in [-0.15, -0.1) is 0 Å². The summed E-state index contributed by atoms with van der Waals surface area (Å²) in [7, 11) is 3.73. The third-order valence-electron chi connectivity index (χ3n) is 5.45. The van der Waals surface area contributed by atoms with Crippen LogP contribution in [-0.2, 0) is 16.1 Å². The number of pyridine rings is 1. The lowest BCUT2D eigenvalue weighted by Crippen LogP contribution is -2.50. The molecule has 36 heavy (non-hydrogen) atoms. The Morgan fingerprint density at radius 1 is 0.972 bits per heavy atom. The molecule has 190 valence electrons. The number of piperazine rings is 1. The molecule has 2 amide bonds. The van der Waals surface area contributed by atoms with E-state index in [0.29, 0.717) is 25.4 Å². The zero-order chi connectivity index (χ0) is 25.8. The van der Waals surface area contributed by atoms with Gasteiger partial charge in [-0.2, -0.15) is 0 Å². The molecule has 1 N–H and O–H groups in total. The van der Waals surface area contributed by atoms with Crippen LogP contribution in [0.15, 0.2) is 77.4 Å². The molecule has 1 saturated heterocycles. The highest BCUT2D eigenvalue weighted by Crippen LogP contribution is 2.24. The molecule has 0 radical (unpaired) electrons. The minimum atomic E-state index is -0.391. The molecule has 9 heteroatoms. The quantitative estimate of drug-likeness (QED) is 0.475. The van der Waals surface area contributed by atoms with E-state index < -0.39 is 5.91 Å². The number of hydrogen-bond acceptors (Lipinski definition) is 6. The molecular formula is C27H31BrN4O4. The van der Waals surface area contributed by atoms with Crippen LogP contribution >= 0.6 is 15.9 Å². The summed E-state index contributed by atoms with van der Waals surface area (Å²) in [6.07, 6.45) is 1.56. The summed E-state index contributed by atoms with van der Waals surface area (Å²) >= 11 is 3.36. The Labute approximate surface area is 220 Å². The van der Waals surface area contributed by atoms with Crippen molar-refractivity contribution in [3.05, 3.63) is 88.5 Å². The fourth-order valence-corrected chi connectivity index (χ4v) is 3.68. The first kappa shape index (κ1) is 27.3. The second kappa shape index (κ2) is 14.3. The van der Waals surface area contributed by atoms with E-state index in [1.165, 1.54) is 5.56 Å². The van der Waals surface area contributed by atoms with Crippen molar-refractivity contribution in [2.75, 3.05) is 46.9 Å². The molecule has 0 spiro atoms. The van der Waals surface area contributed by atoms with Crippen molar-refractivity contribution in [1.29, 1.82) is 0 Å². The molecule has 1 fully saturated rings. The predicted octanol–water partition coefficient (Wildman–Crippen LogP) is 3.97. The lowest BCUT2D eigenvalue weighted by molar-refractivity contribution is -0.131. The molecule has 1 aromatic heterocycles. The number of halogens is 1. The smallest absolute Gasteiger partial charge is 0.257 e. The highest BCUT2D eigenvalue weighted by molar-refractivity contribution is 9.10. The summed E-state index contributed by atoms with van der Waals surface area (Å²) in [4.78, 5) is 32.9. The third-order valence-corrected chi connectivity index (χ3v) is 5.98. The van der Waals surface area contributed by atoms with Crippen LogP contribution in [0.2, 0.25) is 0 Å². The number of methoxy groups -OCH3 is 1. The maximum atomic E-state index is 12.5. The molecule has 8 nitrogen and oxygen atoms in total. The van der Waals surface area contributed by atoms with Crippen LogP contribution < -0.4 is 10.1 Å². The monoisotopic (exact) mass is 554 g/mol. The summed E-state index contributed by atoms with van der Waals surface area (Å²) in [6, 6.07) is 20.6. The lowest BCUT2D eigenvalue weighted by Gasteiger charge is -2.32. The van der Waals surface area contributed by atoms with Crippen LogP contribution in [0.5, 0.6) is 11.6 Å². The van der Waals surface area contributed by atoms with Gasteiger partial charge in [-0.25, -0.2) is 4.98 Å². The number of rotatable bonds is 7. The number of aromatic nitrogens is 1. The van der Waals surface area contributed by atoms with Gasteiger partial charge in [0, 0.05) is 44.0 Å². The standard InChI is InChI=1S/C19H21BrN4O3.C8H10O/c1-23-9-11-24(12-10-23)17(25)13-22-18(26)16-3-2-8-21-19(16)27-15-6-4-14(20)5-7-15;1-9-7-8-5-3-2-4-6-8/h2-8H,9-13H2,1H3,(H,22,26);2-6H,7H2,1H3. The van der Waals surface area contributed by atoms with Gasteiger partial charge < -0.3 is 24.6 Å². The second-order valence-electron chi connectivity index (χ2n) is 8.20. The van der Waals surface area contributed by atoms with E-state index in [9.17, 15) is 9.59 Å². The Morgan fingerprint density at radius 3 is 2.33 bits per heavy atom. The van der Waals surface area contributed by atoms with Gasteiger partial charge in [-0.05, 0) is 49.0 Å². The minimum absolute atomic E-state index is 0.0465. The number of carbonyl (C=O) groups is 2. The summed E-state index contributed by atoms with van der Waals surface area (Å²) < 4.78 is 11.6. The number of nitrogens with one attached hydrogen (secondary N) is 1. The van der Waals surface area contributed by atoms with Crippen LogP contribution in [0.3, 0.4) is 0 Å². The average molecular weight is 555 g/mol. The molecule has 0 unspecified atom stereocenters. The number of ether oxygens (including phenoxy) is 2. The van der Waals surface area contributed by atoms with Crippen molar-refractivity contribution in [1.82, 2.24) is 20.1 Å². The maximum absolute atomic E-state index is 12.5. The fourth-order valence-electron chi connectivity index (χ4n) is 3.42. The van der Waals surface area contributed by atoms with Gasteiger partial charge in [0.15, 0.2) is 0 Å². The second-order valence-corrected chi connectivity index (χ2v) is 9.11. The van der Waals surface area contributed by atoms with Crippen LogP contribution in [0.25, 0.3) is 0 Å². The molecule has 4 rings (SSSR count). The Hall–Kier alpha value is -3.27. The van der Waals surface area contributed by atoms with E-state index in [4.69, 9.17) is 9.47 Å². The molecule has 2 aromatic carbocycles. The van der Waals surface area contributed by atoms with Gasteiger partial charge in [0.2, 0.25) is 11.8 Å². The van der Waals surface area contributed by atoms with Gasteiger partial charge in [0.25, 0.3) is 5.91 Å². The van der Waals surface area contributed by atoms with E-state index in [1.54, 1.807) is 42.5 Å². The zero-order valence-electron chi connectivity index (χ0n) is 20.5. The maximum Gasteiger partial charge on any atom is 0.257 e. The van der Waals surface area contributed by atoms with Crippen LogP contribution in [-0.4, -0.2) is 73.5 Å². The van der Waals surface area contributed by atoms with Crippen LogP contribution in [0, 0.1) is 0 Å². The van der Waals surface area contributed by atoms with Gasteiger partial charge in [0.1, 0.15) is 11.3 Å². The summed E-state index contributed by atoms with van der Waals surface area (Å²) in [5, 5.41) is 2.67. The summed E-state index contributed by atoms with van der Waals surface area (Å²) in [6.45, 7) is 3.70. The first-order valence-electron chi connectivity index (χ1n) is 11.6. The Kier molecular flexibility index (Phi) is 10.9. The SMILES string of the molecule is CN1CCN(C(=O)CNC(=O)c2cccnc2Oc2ccc(Br)cc2)CC1.COCc1ccccc1. The van der Waals surface area contributed by atoms with Gasteiger partial charge >= 0.3 is 0 Å². The number of hydrogen-bond donors (Lipinski definition) is 1. The third kappa shape index (κ3) is 8.75. The van der Waals surface area contributed by atoms with Gasteiger partial charge in [-0.3, -0.25) is 9.59 Å². The van der Waals surface area contributed by atoms with Crippen LogP contribution in [0.1, 0.15) is 15.9 Å². The van der Waals surface area contributed by atoms with Crippen molar-refractivity contribution >= 4 is 27.7 Å². The van der Waals surface area contributed by atoms with Crippen molar-refractivity contribution in [3.63, 3.8) is 0 Å². The van der Waals surface area contributed by atoms with Crippen molar-refractivity contribution in [3.8, 4) is 11.6 Å². The predicted molar refractivity (Wildman–Crippen MR) is 142 cm³/mol. The number of amides is 2. The number of likely N-dealkylation sites (N-methyl/N-ethyl adjacent to an activating group) is 1. The molecule has 0 saturated carbocycles. The average Bonchev–Trinajstić information content (AvgIpc) is 2.90. The summed E-state index contributed by atoms with van der Waals surface area (Å²) in [5.41, 5.74) is 1.51. The molecule has 3 aromatic rings. The molecule has 1 aliphatic heterocycles. The van der Waals surface area contributed by atoms with Crippen molar-refractivity contribution in [2.24, 2.45) is 0 Å². The molecule has 0 bridgehead atoms. The van der Waals surface area contributed by atoms with E-state index in [2.05, 4.69) is 31.1 Å². The molecule has 0 atom stereocenters. The summed E-state index contributed by atoms with van der Waals surface area (Å²) in [5.74, 6) is 0.289. The fraction of sp³-hybridized carbons (Fsp3) is 0.296. The molecule has 1 aliphatic rings. The van der Waals surface area contributed by atoms with Gasteiger partial charge in [-0.1, -0.05) is 46.3 Å². The Bertz CT molecular complexity index is 1100. The van der Waals surface area contributed by atoms with Crippen molar-refractivity contribution in [2.45, 2.75) is 6.61 Å². The molecular weight excluding hydrogens is 524 g/mol. The zero-order valence-corrected chi connectivity index (χ0v) is 22.1. The topological polar surface area (TPSA) is 84.0 Å². The largest absolute Gasteiger partial charge is 0.438 e. The van der Waals surface area contributed by atoms with E-state index in [-0.39, 0.29) is 23.9 Å². The lowest BCUT2D eigenvalue weighted by atomic mass is 10.2. The molecule has 0 aliphatic carbocycles. The first-order valence-corrected chi connectivity index (χ1v) is 12.4. The van der Waals surface area contributed by atoms with Gasteiger partial charge in [0.05, 0.1) is 13.2 Å². The first-order chi connectivity index (χ1) is 17.5. The Morgan fingerprint density at radius 2 is 1.67 bits per heavy atom.